The second-order valence-electron chi connectivity index (χ2n) is 3.78. The number of nitrogens with one attached hydrogen (secondary N) is 2. The number of rotatable bonds is 6. The molecule has 0 unspecified atom stereocenters. The Kier molecular flexibility index (Phi) is 5.97. The van der Waals surface area contributed by atoms with E-state index in [9.17, 15) is 4.79 Å². The largest absolute Gasteiger partial charge is 0.352 e. The molecule has 0 saturated heterocycles. The summed E-state index contributed by atoms with van der Waals surface area (Å²) in [6, 6.07) is 9.96. The first-order valence-corrected chi connectivity index (χ1v) is 8.11. The molecule has 0 atom stereocenters. The normalized spacial score (nSPS) is 10.8. The van der Waals surface area contributed by atoms with Crippen molar-refractivity contribution in [3.8, 4) is 0 Å². The molecule has 1 heterocycles. The fraction of sp³-hybridized carbons (Fsp3) is 0.154. The number of nitrogens with zero attached hydrogens (tertiary/aromatic N) is 1. The lowest BCUT2D eigenvalue weighted by Crippen LogP contribution is -2.24. The molecular formula is C13H13N3OS3. The first kappa shape index (κ1) is 15.0. The number of aromatic amines is 1. The van der Waals surface area contributed by atoms with Crippen LogP contribution in [-0.2, 0) is 4.79 Å². The maximum atomic E-state index is 11.6. The summed E-state index contributed by atoms with van der Waals surface area (Å²) in [6.45, 7) is 0.518. The summed E-state index contributed by atoms with van der Waals surface area (Å²) in [5, 5.41) is 9.49. The van der Waals surface area contributed by atoms with Gasteiger partial charge in [-0.3, -0.25) is 9.89 Å². The first-order valence-electron chi connectivity index (χ1n) is 5.90. The van der Waals surface area contributed by atoms with E-state index in [2.05, 4.69) is 15.5 Å². The average Bonchev–Trinajstić information content (AvgIpc) is 2.88. The van der Waals surface area contributed by atoms with Crippen molar-refractivity contribution in [2.75, 3.05) is 12.3 Å². The minimum atomic E-state index is -0.0196. The third-order valence-electron chi connectivity index (χ3n) is 2.27. The van der Waals surface area contributed by atoms with Crippen LogP contribution in [0.2, 0.25) is 0 Å². The monoisotopic (exact) mass is 323 g/mol. The zero-order valence-electron chi connectivity index (χ0n) is 10.5. The molecule has 4 nitrogen and oxygen atoms in total. The Morgan fingerprint density at radius 2 is 2.25 bits per heavy atom. The highest BCUT2D eigenvalue weighted by Gasteiger charge is 2.03. The molecule has 7 heteroatoms. The third kappa shape index (κ3) is 5.28. The van der Waals surface area contributed by atoms with Gasteiger partial charge in [-0.05, 0) is 17.8 Å². The van der Waals surface area contributed by atoms with Gasteiger partial charge in [-0.15, -0.1) is 0 Å². The highest BCUT2D eigenvalue weighted by atomic mass is 32.2. The summed E-state index contributed by atoms with van der Waals surface area (Å²) in [4.78, 5) is 11.6. The summed E-state index contributed by atoms with van der Waals surface area (Å²) < 4.78 is 1.41. The van der Waals surface area contributed by atoms with Crippen LogP contribution in [0.4, 0.5) is 0 Å². The molecule has 0 aliphatic heterocycles. The smallest absolute Gasteiger partial charge is 0.230 e. The van der Waals surface area contributed by atoms with Crippen molar-refractivity contribution in [2.45, 2.75) is 4.34 Å². The van der Waals surface area contributed by atoms with Crippen LogP contribution in [0.1, 0.15) is 5.56 Å². The predicted molar refractivity (Wildman–Crippen MR) is 86.5 cm³/mol. The summed E-state index contributed by atoms with van der Waals surface area (Å²) in [7, 11) is 0. The van der Waals surface area contributed by atoms with E-state index < -0.39 is 0 Å². The predicted octanol–water partition coefficient (Wildman–Crippen LogP) is 3.12. The van der Waals surface area contributed by atoms with E-state index in [1.807, 2.05) is 42.5 Å². The molecule has 2 aromatic rings. The topological polar surface area (TPSA) is 57.8 Å². The molecule has 104 valence electrons. The van der Waals surface area contributed by atoms with Crippen molar-refractivity contribution < 1.29 is 4.79 Å². The molecule has 0 aliphatic carbocycles. The van der Waals surface area contributed by atoms with Crippen molar-refractivity contribution in [3.63, 3.8) is 0 Å². The molecular weight excluding hydrogens is 310 g/mol. The Labute approximate surface area is 130 Å². The standard InChI is InChI=1S/C13H13N3OS3/c17-11(9-19-13-16-15-12(18)20-13)14-8-4-7-10-5-2-1-3-6-10/h1-7H,8-9H2,(H,14,17)(H,15,18)/b7-4+. The van der Waals surface area contributed by atoms with Gasteiger partial charge >= 0.3 is 0 Å². The Hall–Kier alpha value is -1.44. The number of hydrogen-bond acceptors (Lipinski definition) is 5. The second kappa shape index (κ2) is 7.98. The molecule has 1 aromatic carbocycles. The fourth-order valence-electron chi connectivity index (χ4n) is 1.39. The molecule has 0 fully saturated rings. The van der Waals surface area contributed by atoms with Crippen molar-refractivity contribution in [1.82, 2.24) is 15.5 Å². The van der Waals surface area contributed by atoms with Crippen LogP contribution >= 0.6 is 35.3 Å². The minimum Gasteiger partial charge on any atom is -0.352 e. The number of amides is 1. The second-order valence-corrected chi connectivity index (χ2v) is 6.67. The van der Waals surface area contributed by atoms with E-state index in [1.165, 1.54) is 23.1 Å². The van der Waals surface area contributed by atoms with E-state index in [4.69, 9.17) is 12.2 Å². The zero-order valence-corrected chi connectivity index (χ0v) is 13.0. The van der Waals surface area contributed by atoms with Gasteiger partial charge in [-0.25, -0.2) is 0 Å². The summed E-state index contributed by atoms with van der Waals surface area (Å²) in [6.07, 6.45) is 3.91. The fourth-order valence-corrected chi connectivity index (χ4v) is 3.30. The Balaban J connectivity index is 1.68. The lowest BCUT2D eigenvalue weighted by Gasteiger charge is -2.00. The maximum absolute atomic E-state index is 11.6. The van der Waals surface area contributed by atoms with E-state index >= 15 is 0 Å². The minimum absolute atomic E-state index is 0.0196. The Morgan fingerprint density at radius 1 is 1.45 bits per heavy atom. The molecule has 0 aliphatic rings. The van der Waals surface area contributed by atoms with Crippen LogP contribution in [0.3, 0.4) is 0 Å². The highest BCUT2D eigenvalue weighted by Crippen LogP contribution is 2.19. The third-order valence-corrected chi connectivity index (χ3v) is 4.50. The maximum Gasteiger partial charge on any atom is 0.230 e. The van der Waals surface area contributed by atoms with Crippen molar-refractivity contribution in [2.24, 2.45) is 0 Å². The molecule has 1 aromatic heterocycles. The molecule has 0 radical (unpaired) electrons. The van der Waals surface area contributed by atoms with Gasteiger partial charge in [0.15, 0.2) is 8.29 Å². The number of hydrogen-bond donors (Lipinski definition) is 2. The number of benzene rings is 1. The van der Waals surface area contributed by atoms with Gasteiger partial charge in [0.05, 0.1) is 5.75 Å². The highest BCUT2D eigenvalue weighted by molar-refractivity contribution is 8.01. The number of aromatic nitrogens is 2. The Morgan fingerprint density at radius 3 is 2.95 bits per heavy atom. The molecule has 2 rings (SSSR count). The average molecular weight is 323 g/mol. The first-order chi connectivity index (χ1) is 9.74. The van der Waals surface area contributed by atoms with E-state index in [1.54, 1.807) is 0 Å². The van der Waals surface area contributed by atoms with Gasteiger partial charge in [-0.1, -0.05) is 65.6 Å². The van der Waals surface area contributed by atoms with Crippen LogP contribution < -0.4 is 5.32 Å². The summed E-state index contributed by atoms with van der Waals surface area (Å²) >= 11 is 7.67. The van der Waals surface area contributed by atoms with Gasteiger partial charge in [-0.2, -0.15) is 5.10 Å². The van der Waals surface area contributed by atoms with Crippen LogP contribution in [0.5, 0.6) is 0 Å². The Bertz CT molecular complexity index is 634. The van der Waals surface area contributed by atoms with Crippen LogP contribution in [0, 0.1) is 3.95 Å². The molecule has 0 bridgehead atoms. The molecule has 20 heavy (non-hydrogen) atoms. The van der Waals surface area contributed by atoms with E-state index in [0.717, 1.165) is 9.90 Å². The van der Waals surface area contributed by atoms with Crippen LogP contribution in [0.15, 0.2) is 40.7 Å². The lowest BCUT2D eigenvalue weighted by atomic mass is 10.2. The van der Waals surface area contributed by atoms with Crippen molar-refractivity contribution in [3.05, 3.63) is 45.9 Å². The zero-order chi connectivity index (χ0) is 14.2. The van der Waals surface area contributed by atoms with Crippen molar-refractivity contribution >= 4 is 47.3 Å². The van der Waals surface area contributed by atoms with Gasteiger partial charge in [0, 0.05) is 6.54 Å². The lowest BCUT2D eigenvalue weighted by molar-refractivity contribution is -0.118. The summed E-state index contributed by atoms with van der Waals surface area (Å²) in [5.74, 6) is 0.323. The quantitative estimate of drug-likeness (QED) is 0.633. The molecule has 0 saturated carbocycles. The SMILES string of the molecule is O=C(CSc1n[nH]c(=S)s1)NC/C=C/c1ccccc1. The number of H-pyrrole nitrogens is 1. The molecule has 0 spiro atoms. The van der Waals surface area contributed by atoms with Crippen LogP contribution in [-0.4, -0.2) is 28.4 Å². The van der Waals surface area contributed by atoms with Crippen LogP contribution in [0.25, 0.3) is 6.08 Å². The number of carbonyl (C=O) groups excluding carboxylic acids is 1. The van der Waals surface area contributed by atoms with Gasteiger partial charge in [0.1, 0.15) is 0 Å². The number of thioether (sulfide) groups is 1. The van der Waals surface area contributed by atoms with E-state index in [-0.39, 0.29) is 5.91 Å². The van der Waals surface area contributed by atoms with E-state index in [0.29, 0.717) is 16.3 Å². The van der Waals surface area contributed by atoms with Gasteiger partial charge in [0.25, 0.3) is 0 Å². The molecule has 2 N–H and O–H groups in total. The number of carbonyl (C=O) groups is 1. The molecule has 1 amide bonds. The van der Waals surface area contributed by atoms with Gasteiger partial charge < -0.3 is 5.32 Å². The van der Waals surface area contributed by atoms with Gasteiger partial charge in [0.2, 0.25) is 5.91 Å². The van der Waals surface area contributed by atoms with Crippen molar-refractivity contribution in [1.29, 1.82) is 0 Å². The summed E-state index contributed by atoms with van der Waals surface area (Å²) in [5.41, 5.74) is 1.12.